The fourth-order valence-corrected chi connectivity index (χ4v) is 4.02. The van der Waals surface area contributed by atoms with Crippen molar-refractivity contribution in [3.8, 4) is 11.1 Å². The predicted molar refractivity (Wildman–Crippen MR) is 111 cm³/mol. The van der Waals surface area contributed by atoms with E-state index in [1.807, 2.05) is 37.4 Å². The Labute approximate surface area is 170 Å². The minimum Gasteiger partial charge on any atom is -0.350 e. The number of nitrogens with zero attached hydrogens (tertiary/aromatic N) is 4. The molecule has 0 aromatic carbocycles. The zero-order chi connectivity index (χ0) is 20.1. The lowest BCUT2D eigenvalue weighted by atomic mass is 9.79. The Bertz CT molecular complexity index is 954. The van der Waals surface area contributed by atoms with Crippen LogP contribution in [-0.4, -0.2) is 32.4 Å². The quantitative estimate of drug-likeness (QED) is 0.717. The van der Waals surface area contributed by atoms with Gasteiger partial charge >= 0.3 is 0 Å². The van der Waals surface area contributed by atoms with Crippen molar-refractivity contribution >= 4 is 5.91 Å². The van der Waals surface area contributed by atoms with Crippen LogP contribution in [-0.2, 0) is 0 Å². The highest BCUT2D eigenvalue weighted by Gasteiger charge is 2.26. The van der Waals surface area contributed by atoms with E-state index < -0.39 is 0 Å². The molecule has 6 nitrogen and oxygen atoms in total. The molecule has 0 atom stereocenters. The molecule has 0 unspecified atom stereocenters. The molecule has 0 spiro atoms. The molecule has 0 bridgehead atoms. The van der Waals surface area contributed by atoms with Crippen LogP contribution in [0.5, 0.6) is 0 Å². The molecule has 3 aromatic heterocycles. The molecule has 1 saturated carbocycles. The summed E-state index contributed by atoms with van der Waals surface area (Å²) in [5, 5.41) is 3.04. The second-order valence-corrected chi connectivity index (χ2v) is 7.59. The third-order valence-electron chi connectivity index (χ3n) is 5.61. The van der Waals surface area contributed by atoms with Crippen molar-refractivity contribution in [2.75, 3.05) is 6.54 Å². The molecule has 0 radical (unpaired) electrons. The maximum atomic E-state index is 12.2. The Morgan fingerprint density at radius 3 is 2.55 bits per heavy atom. The van der Waals surface area contributed by atoms with E-state index in [1.165, 1.54) is 0 Å². The van der Waals surface area contributed by atoms with Gasteiger partial charge in [-0.2, -0.15) is 0 Å². The van der Waals surface area contributed by atoms with Crippen LogP contribution < -0.4 is 5.32 Å². The molecule has 3 heterocycles. The first-order valence-corrected chi connectivity index (χ1v) is 10.1. The molecule has 0 aliphatic heterocycles. The van der Waals surface area contributed by atoms with Gasteiger partial charge in [0.2, 0.25) is 0 Å². The number of aromatic nitrogens is 4. The van der Waals surface area contributed by atoms with Crippen molar-refractivity contribution in [3.05, 3.63) is 72.3 Å². The summed E-state index contributed by atoms with van der Waals surface area (Å²) in [6, 6.07) is 9.40. The van der Waals surface area contributed by atoms with E-state index in [2.05, 4.69) is 20.3 Å². The van der Waals surface area contributed by atoms with E-state index in [4.69, 9.17) is 4.98 Å². The van der Waals surface area contributed by atoms with Crippen molar-refractivity contribution in [1.82, 2.24) is 25.3 Å². The lowest BCUT2D eigenvalue weighted by Gasteiger charge is -2.29. The molecule has 1 aliphatic carbocycles. The number of amides is 1. The zero-order valence-electron chi connectivity index (χ0n) is 16.6. The molecular weight excluding hydrogens is 362 g/mol. The van der Waals surface area contributed by atoms with Crippen LogP contribution in [0.4, 0.5) is 0 Å². The Hall–Kier alpha value is -3.15. The first kappa shape index (κ1) is 19.2. The van der Waals surface area contributed by atoms with Crippen molar-refractivity contribution in [2.45, 2.75) is 38.5 Å². The summed E-state index contributed by atoms with van der Waals surface area (Å²) >= 11 is 0. The standard InChI is InChI=1S/C23H25N5O/c1-16-26-15-20(18-9-12-24-13-10-18)22(28-16)19-7-5-17(6-8-19)14-27-23(29)21-4-2-3-11-25-21/h2-4,9-13,15,17,19H,5-8,14H2,1H3,(H,27,29). The minimum atomic E-state index is -0.0980. The number of hydrogen-bond donors (Lipinski definition) is 1. The zero-order valence-corrected chi connectivity index (χ0v) is 16.6. The molecule has 29 heavy (non-hydrogen) atoms. The van der Waals surface area contributed by atoms with Crippen LogP contribution in [0.1, 0.15) is 53.6 Å². The monoisotopic (exact) mass is 387 g/mol. The number of aryl methyl sites for hydroxylation is 1. The van der Waals surface area contributed by atoms with Crippen molar-refractivity contribution < 1.29 is 4.79 Å². The Morgan fingerprint density at radius 1 is 1.03 bits per heavy atom. The summed E-state index contributed by atoms with van der Waals surface area (Å²) in [6.07, 6.45) is 11.5. The largest absolute Gasteiger partial charge is 0.350 e. The molecule has 1 fully saturated rings. The van der Waals surface area contributed by atoms with Crippen LogP contribution in [0, 0.1) is 12.8 Å². The Morgan fingerprint density at radius 2 is 1.83 bits per heavy atom. The van der Waals surface area contributed by atoms with E-state index >= 15 is 0 Å². The van der Waals surface area contributed by atoms with Gasteiger partial charge in [0, 0.05) is 42.8 Å². The summed E-state index contributed by atoms with van der Waals surface area (Å²) in [4.78, 5) is 29.7. The summed E-state index contributed by atoms with van der Waals surface area (Å²) in [6.45, 7) is 2.64. The van der Waals surface area contributed by atoms with E-state index in [1.54, 1.807) is 24.7 Å². The van der Waals surface area contributed by atoms with Crippen LogP contribution in [0.2, 0.25) is 0 Å². The van der Waals surface area contributed by atoms with Crippen molar-refractivity contribution in [2.24, 2.45) is 5.92 Å². The SMILES string of the molecule is Cc1ncc(-c2ccncc2)c(C2CCC(CNC(=O)c3ccccn3)CC2)n1. The fraction of sp³-hybridized carbons (Fsp3) is 0.348. The van der Waals surface area contributed by atoms with Gasteiger partial charge in [-0.25, -0.2) is 9.97 Å². The third-order valence-corrected chi connectivity index (χ3v) is 5.61. The Balaban J connectivity index is 1.39. The molecule has 148 valence electrons. The lowest BCUT2D eigenvalue weighted by Crippen LogP contribution is -2.31. The second-order valence-electron chi connectivity index (χ2n) is 7.59. The smallest absolute Gasteiger partial charge is 0.269 e. The fourth-order valence-electron chi connectivity index (χ4n) is 4.02. The first-order valence-electron chi connectivity index (χ1n) is 10.1. The molecule has 1 amide bonds. The van der Waals surface area contributed by atoms with Crippen LogP contribution >= 0.6 is 0 Å². The normalized spacial score (nSPS) is 18.9. The number of hydrogen-bond acceptors (Lipinski definition) is 5. The topological polar surface area (TPSA) is 80.7 Å². The van der Waals surface area contributed by atoms with Crippen molar-refractivity contribution in [1.29, 1.82) is 0 Å². The van der Waals surface area contributed by atoms with E-state index in [0.717, 1.165) is 48.3 Å². The maximum Gasteiger partial charge on any atom is 0.269 e. The molecular formula is C23H25N5O. The average Bonchev–Trinajstić information content (AvgIpc) is 2.79. The Kier molecular flexibility index (Phi) is 5.89. The summed E-state index contributed by atoms with van der Waals surface area (Å²) in [5.41, 5.74) is 3.82. The summed E-state index contributed by atoms with van der Waals surface area (Å²) in [7, 11) is 0. The summed E-state index contributed by atoms with van der Waals surface area (Å²) < 4.78 is 0. The van der Waals surface area contributed by atoms with Crippen LogP contribution in [0.25, 0.3) is 11.1 Å². The number of nitrogens with one attached hydrogen (secondary N) is 1. The van der Waals surface area contributed by atoms with Crippen LogP contribution in [0.3, 0.4) is 0 Å². The molecule has 1 aliphatic rings. The van der Waals surface area contributed by atoms with Gasteiger partial charge < -0.3 is 5.32 Å². The first-order chi connectivity index (χ1) is 14.2. The summed E-state index contributed by atoms with van der Waals surface area (Å²) in [5.74, 6) is 1.62. The average molecular weight is 387 g/mol. The highest BCUT2D eigenvalue weighted by Crippen LogP contribution is 2.38. The lowest BCUT2D eigenvalue weighted by molar-refractivity contribution is 0.0938. The number of pyridine rings is 2. The van der Waals surface area contributed by atoms with Gasteiger partial charge in [-0.15, -0.1) is 0 Å². The predicted octanol–water partition coefficient (Wildman–Crippen LogP) is 3.95. The van der Waals surface area contributed by atoms with Gasteiger partial charge in [0.15, 0.2) is 0 Å². The molecule has 6 heteroatoms. The number of carbonyl (C=O) groups excluding carboxylic acids is 1. The van der Waals surface area contributed by atoms with E-state index in [9.17, 15) is 4.79 Å². The van der Waals surface area contributed by atoms with Crippen molar-refractivity contribution in [3.63, 3.8) is 0 Å². The van der Waals surface area contributed by atoms with Gasteiger partial charge in [0.1, 0.15) is 11.5 Å². The second kappa shape index (κ2) is 8.90. The molecule has 4 rings (SSSR count). The maximum absolute atomic E-state index is 12.2. The van der Waals surface area contributed by atoms with Gasteiger partial charge in [-0.3, -0.25) is 14.8 Å². The van der Waals surface area contributed by atoms with Gasteiger partial charge in [-0.05, 0) is 68.4 Å². The third kappa shape index (κ3) is 4.65. The highest BCUT2D eigenvalue weighted by molar-refractivity contribution is 5.92. The van der Waals surface area contributed by atoms with E-state index in [-0.39, 0.29) is 5.91 Å². The van der Waals surface area contributed by atoms with E-state index in [0.29, 0.717) is 24.1 Å². The van der Waals surface area contributed by atoms with Gasteiger partial charge in [0.05, 0.1) is 5.69 Å². The molecule has 1 N–H and O–H groups in total. The van der Waals surface area contributed by atoms with Crippen LogP contribution in [0.15, 0.2) is 55.1 Å². The minimum absolute atomic E-state index is 0.0980. The van der Waals surface area contributed by atoms with Gasteiger partial charge in [-0.1, -0.05) is 6.07 Å². The molecule has 3 aromatic rings. The number of carbonyl (C=O) groups is 1. The van der Waals surface area contributed by atoms with Gasteiger partial charge in [0.25, 0.3) is 5.91 Å². The highest BCUT2D eigenvalue weighted by atomic mass is 16.1. The molecule has 0 saturated heterocycles. The number of rotatable bonds is 5.